The van der Waals surface area contributed by atoms with Gasteiger partial charge in [0.25, 0.3) is 0 Å². The highest BCUT2D eigenvalue weighted by Gasteiger charge is 2.15. The Morgan fingerprint density at radius 2 is 2.26 bits per heavy atom. The number of alkyl carbamates (subject to hydrolysis) is 1. The smallest absolute Gasteiger partial charge is 0.407 e. The van der Waals surface area contributed by atoms with Gasteiger partial charge < -0.3 is 15.2 Å². The van der Waals surface area contributed by atoms with Crippen LogP contribution in [0.3, 0.4) is 0 Å². The second-order valence-corrected chi connectivity index (χ2v) is 5.37. The maximum absolute atomic E-state index is 11.4. The van der Waals surface area contributed by atoms with Crippen LogP contribution in [0.5, 0.6) is 0 Å². The predicted octanol–water partition coefficient (Wildman–Crippen LogP) is 2.42. The van der Waals surface area contributed by atoms with Gasteiger partial charge in [0.05, 0.1) is 6.10 Å². The zero-order chi connectivity index (χ0) is 14.3. The van der Waals surface area contributed by atoms with Gasteiger partial charge in [-0.3, -0.25) is 4.98 Å². The first-order valence-corrected chi connectivity index (χ1v) is 6.43. The zero-order valence-electron chi connectivity index (χ0n) is 11.7. The molecular formula is C14H22N2O3. The molecule has 1 aromatic heterocycles. The summed E-state index contributed by atoms with van der Waals surface area (Å²) in [5.74, 6) is 0. The highest BCUT2D eigenvalue weighted by atomic mass is 16.6. The first-order chi connectivity index (χ1) is 8.88. The van der Waals surface area contributed by atoms with Crippen LogP contribution in [0.15, 0.2) is 24.5 Å². The van der Waals surface area contributed by atoms with Gasteiger partial charge in [-0.15, -0.1) is 0 Å². The van der Waals surface area contributed by atoms with E-state index in [1.165, 1.54) is 0 Å². The molecule has 0 aliphatic rings. The van der Waals surface area contributed by atoms with Gasteiger partial charge in [-0.25, -0.2) is 4.79 Å². The largest absolute Gasteiger partial charge is 0.444 e. The van der Waals surface area contributed by atoms with Crippen LogP contribution in [0.25, 0.3) is 0 Å². The minimum atomic E-state index is -0.547. The quantitative estimate of drug-likeness (QED) is 0.803. The number of amides is 1. The van der Waals surface area contributed by atoms with Crippen LogP contribution in [0.4, 0.5) is 4.79 Å². The molecule has 0 aliphatic carbocycles. The molecule has 1 rings (SSSR count). The summed E-state index contributed by atoms with van der Waals surface area (Å²) in [5, 5.41) is 12.5. The van der Waals surface area contributed by atoms with Crippen molar-refractivity contribution < 1.29 is 14.6 Å². The van der Waals surface area contributed by atoms with E-state index in [9.17, 15) is 9.90 Å². The fourth-order valence-corrected chi connectivity index (χ4v) is 1.54. The molecule has 5 nitrogen and oxygen atoms in total. The third kappa shape index (κ3) is 6.76. The molecule has 0 spiro atoms. The summed E-state index contributed by atoms with van der Waals surface area (Å²) >= 11 is 0. The number of aliphatic hydroxyl groups is 1. The SMILES string of the molecule is CC(C)(C)OC(=O)NCCCC(O)c1cccnc1. The van der Waals surface area contributed by atoms with Crippen LogP contribution in [0.1, 0.15) is 45.3 Å². The Morgan fingerprint density at radius 1 is 1.53 bits per heavy atom. The molecule has 0 saturated heterocycles. The minimum Gasteiger partial charge on any atom is -0.444 e. The predicted molar refractivity (Wildman–Crippen MR) is 72.7 cm³/mol. The van der Waals surface area contributed by atoms with Crippen molar-refractivity contribution in [3.63, 3.8) is 0 Å². The Balaban J connectivity index is 2.19. The van der Waals surface area contributed by atoms with Crippen molar-refractivity contribution in [2.75, 3.05) is 6.54 Å². The summed E-state index contributed by atoms with van der Waals surface area (Å²) in [5.41, 5.74) is 0.305. The topological polar surface area (TPSA) is 71.5 Å². The lowest BCUT2D eigenvalue weighted by molar-refractivity contribution is 0.0523. The van der Waals surface area contributed by atoms with E-state index in [4.69, 9.17) is 4.74 Å². The molecule has 1 aromatic rings. The van der Waals surface area contributed by atoms with E-state index in [1.54, 1.807) is 18.5 Å². The molecule has 5 heteroatoms. The fraction of sp³-hybridized carbons (Fsp3) is 0.571. The molecule has 0 saturated carbocycles. The van der Waals surface area contributed by atoms with E-state index in [-0.39, 0.29) is 0 Å². The molecule has 2 N–H and O–H groups in total. The van der Waals surface area contributed by atoms with E-state index >= 15 is 0 Å². The molecule has 1 unspecified atom stereocenters. The highest BCUT2D eigenvalue weighted by Crippen LogP contribution is 2.16. The number of hydrogen-bond donors (Lipinski definition) is 2. The van der Waals surface area contributed by atoms with Gasteiger partial charge in [-0.05, 0) is 45.2 Å². The van der Waals surface area contributed by atoms with Crippen molar-refractivity contribution in [1.82, 2.24) is 10.3 Å². The molecule has 0 aromatic carbocycles. The van der Waals surface area contributed by atoms with E-state index in [1.807, 2.05) is 26.8 Å². The summed E-state index contributed by atoms with van der Waals surface area (Å²) in [6.45, 7) is 5.93. The van der Waals surface area contributed by atoms with Gasteiger partial charge in [-0.1, -0.05) is 6.07 Å². The first-order valence-electron chi connectivity index (χ1n) is 6.43. The molecule has 1 heterocycles. The second kappa shape index (κ2) is 7.09. The van der Waals surface area contributed by atoms with Crippen molar-refractivity contribution >= 4 is 6.09 Å². The number of nitrogens with one attached hydrogen (secondary N) is 1. The van der Waals surface area contributed by atoms with Gasteiger partial charge in [-0.2, -0.15) is 0 Å². The summed E-state index contributed by atoms with van der Waals surface area (Å²) < 4.78 is 5.11. The van der Waals surface area contributed by atoms with Crippen LogP contribution >= 0.6 is 0 Å². The third-order valence-corrected chi connectivity index (χ3v) is 2.39. The van der Waals surface area contributed by atoms with Gasteiger partial charge in [0.2, 0.25) is 0 Å². The lowest BCUT2D eigenvalue weighted by atomic mass is 10.1. The maximum atomic E-state index is 11.4. The van der Waals surface area contributed by atoms with Crippen LogP contribution in [0, 0.1) is 0 Å². The van der Waals surface area contributed by atoms with Gasteiger partial charge in [0, 0.05) is 18.9 Å². The number of carbonyl (C=O) groups is 1. The number of pyridine rings is 1. The monoisotopic (exact) mass is 266 g/mol. The van der Waals surface area contributed by atoms with Crippen LogP contribution < -0.4 is 5.32 Å². The Morgan fingerprint density at radius 3 is 2.84 bits per heavy atom. The molecule has 0 fully saturated rings. The lowest BCUT2D eigenvalue weighted by Crippen LogP contribution is -2.33. The van der Waals surface area contributed by atoms with Crippen molar-refractivity contribution in [2.24, 2.45) is 0 Å². The van der Waals surface area contributed by atoms with Crippen LogP contribution in [-0.4, -0.2) is 28.3 Å². The molecule has 1 amide bonds. The molecular weight excluding hydrogens is 244 g/mol. The second-order valence-electron chi connectivity index (χ2n) is 5.37. The number of nitrogens with zero attached hydrogens (tertiary/aromatic N) is 1. The standard InChI is InChI=1S/C14H22N2O3/c1-14(2,3)19-13(18)16-9-5-7-12(17)11-6-4-8-15-10-11/h4,6,8,10,12,17H,5,7,9H2,1-3H3,(H,16,18). The van der Waals surface area contributed by atoms with E-state index < -0.39 is 17.8 Å². The van der Waals surface area contributed by atoms with Crippen molar-refractivity contribution in [3.8, 4) is 0 Å². The third-order valence-electron chi connectivity index (χ3n) is 2.39. The van der Waals surface area contributed by atoms with Gasteiger partial charge >= 0.3 is 6.09 Å². The Bertz CT molecular complexity index is 387. The van der Waals surface area contributed by atoms with Crippen molar-refractivity contribution in [2.45, 2.75) is 45.3 Å². The number of carbonyl (C=O) groups excluding carboxylic acids is 1. The number of ether oxygens (including phenoxy) is 1. The number of rotatable bonds is 5. The van der Waals surface area contributed by atoms with Crippen LogP contribution in [0.2, 0.25) is 0 Å². The van der Waals surface area contributed by atoms with Crippen LogP contribution in [-0.2, 0) is 4.74 Å². The van der Waals surface area contributed by atoms with E-state index in [2.05, 4.69) is 10.3 Å². The zero-order valence-corrected chi connectivity index (χ0v) is 11.7. The summed E-state index contributed by atoms with van der Waals surface area (Å²) in [6.07, 6.45) is 3.58. The van der Waals surface area contributed by atoms with Gasteiger partial charge in [0.15, 0.2) is 0 Å². The Hall–Kier alpha value is -1.62. The number of aromatic nitrogens is 1. The van der Waals surface area contributed by atoms with Gasteiger partial charge in [0.1, 0.15) is 5.60 Å². The molecule has 19 heavy (non-hydrogen) atoms. The maximum Gasteiger partial charge on any atom is 0.407 e. The molecule has 106 valence electrons. The summed E-state index contributed by atoms with van der Waals surface area (Å²) in [4.78, 5) is 15.3. The molecule has 0 bridgehead atoms. The fourth-order valence-electron chi connectivity index (χ4n) is 1.54. The normalized spacial score (nSPS) is 12.8. The molecule has 0 aliphatic heterocycles. The lowest BCUT2D eigenvalue weighted by Gasteiger charge is -2.19. The Kier molecular flexibility index (Phi) is 5.76. The molecule has 1 atom stereocenters. The number of aliphatic hydroxyl groups excluding tert-OH is 1. The highest BCUT2D eigenvalue weighted by molar-refractivity contribution is 5.67. The summed E-state index contributed by atoms with van der Waals surface area (Å²) in [6, 6.07) is 3.62. The Labute approximate surface area is 114 Å². The summed E-state index contributed by atoms with van der Waals surface area (Å²) in [7, 11) is 0. The van der Waals surface area contributed by atoms with Crippen molar-refractivity contribution in [3.05, 3.63) is 30.1 Å². The van der Waals surface area contributed by atoms with E-state index in [0.29, 0.717) is 19.4 Å². The van der Waals surface area contributed by atoms with E-state index in [0.717, 1.165) is 5.56 Å². The molecule has 0 radical (unpaired) electrons. The minimum absolute atomic E-state index is 0.427. The number of hydrogen-bond acceptors (Lipinski definition) is 4. The average molecular weight is 266 g/mol. The average Bonchev–Trinajstić information content (AvgIpc) is 2.33. The van der Waals surface area contributed by atoms with Crippen molar-refractivity contribution in [1.29, 1.82) is 0 Å². The first kappa shape index (κ1) is 15.4.